The maximum atomic E-state index is 12.2. The van der Waals surface area contributed by atoms with Crippen molar-refractivity contribution in [3.8, 4) is 0 Å². The van der Waals surface area contributed by atoms with Gasteiger partial charge in [0.25, 0.3) is 5.91 Å². The Morgan fingerprint density at radius 2 is 2.15 bits per heavy atom. The number of carbonyl (C=O) groups is 1. The number of nitrogens with two attached hydrogens (primary N) is 1. The summed E-state index contributed by atoms with van der Waals surface area (Å²) in [6, 6.07) is 8.77. The third-order valence-corrected chi connectivity index (χ3v) is 3.14. The fraction of sp³-hybridized carbons (Fsp3) is 0.286. The second-order valence-electron chi connectivity index (χ2n) is 4.44. The molecule has 0 spiro atoms. The van der Waals surface area contributed by atoms with Gasteiger partial charge in [0.15, 0.2) is 5.69 Å². The van der Waals surface area contributed by atoms with Crippen LogP contribution in [0.25, 0.3) is 0 Å². The Labute approximate surface area is 117 Å². The van der Waals surface area contributed by atoms with Gasteiger partial charge < -0.3 is 16.2 Å². The summed E-state index contributed by atoms with van der Waals surface area (Å²) >= 11 is 0. The van der Waals surface area contributed by atoms with Crippen molar-refractivity contribution in [2.45, 2.75) is 19.4 Å². The number of aliphatic hydroxyl groups is 1. The first kappa shape index (κ1) is 14.1. The van der Waals surface area contributed by atoms with Crippen LogP contribution in [0.4, 0.5) is 5.69 Å². The molecule has 1 heterocycles. The van der Waals surface area contributed by atoms with Crippen LogP contribution in [0, 0.1) is 0 Å². The topological polar surface area (TPSA) is 104 Å². The number of nitrogens with zero attached hydrogens (tertiary/aromatic N) is 1. The first-order valence-electron chi connectivity index (χ1n) is 6.46. The fourth-order valence-corrected chi connectivity index (χ4v) is 1.98. The lowest BCUT2D eigenvalue weighted by atomic mass is 10.1. The second-order valence-corrected chi connectivity index (χ2v) is 4.44. The van der Waals surface area contributed by atoms with Crippen LogP contribution in [0.2, 0.25) is 0 Å². The van der Waals surface area contributed by atoms with E-state index in [0.717, 1.165) is 11.3 Å². The molecule has 0 aliphatic heterocycles. The van der Waals surface area contributed by atoms with Gasteiger partial charge in [-0.15, -0.1) is 0 Å². The van der Waals surface area contributed by atoms with Gasteiger partial charge in [0.2, 0.25) is 0 Å². The molecule has 1 amide bonds. The number of nitrogens with one attached hydrogen (secondary N) is 2. The molecular weight excluding hydrogens is 256 g/mol. The number of benzene rings is 1. The van der Waals surface area contributed by atoms with Gasteiger partial charge in [-0.05, 0) is 12.0 Å². The Kier molecular flexibility index (Phi) is 4.37. The molecule has 5 N–H and O–H groups in total. The number of hydrogen-bond donors (Lipinski definition) is 4. The quantitative estimate of drug-likeness (QED) is 0.653. The van der Waals surface area contributed by atoms with Crippen molar-refractivity contribution in [2.75, 3.05) is 12.3 Å². The second kappa shape index (κ2) is 6.21. The van der Waals surface area contributed by atoms with E-state index in [1.54, 1.807) is 0 Å². The largest absolute Gasteiger partial charge is 0.395 e. The predicted octanol–water partition coefficient (Wildman–Crippen LogP) is 1.02. The zero-order valence-corrected chi connectivity index (χ0v) is 11.3. The van der Waals surface area contributed by atoms with Crippen LogP contribution in [0.1, 0.15) is 34.7 Å². The maximum Gasteiger partial charge on any atom is 0.274 e. The molecule has 0 radical (unpaired) electrons. The summed E-state index contributed by atoms with van der Waals surface area (Å²) in [5.74, 6) is -0.402. The third-order valence-electron chi connectivity index (χ3n) is 3.14. The van der Waals surface area contributed by atoms with Crippen molar-refractivity contribution < 1.29 is 9.90 Å². The van der Waals surface area contributed by atoms with E-state index in [1.807, 2.05) is 37.3 Å². The van der Waals surface area contributed by atoms with E-state index >= 15 is 0 Å². The SMILES string of the molecule is CCc1[nH]nc(C(=O)N[C@H](CO)c2ccccc2)c1N. The normalized spacial score (nSPS) is 12.1. The van der Waals surface area contributed by atoms with E-state index in [-0.39, 0.29) is 12.3 Å². The summed E-state index contributed by atoms with van der Waals surface area (Å²) < 4.78 is 0. The lowest BCUT2D eigenvalue weighted by Crippen LogP contribution is -2.31. The van der Waals surface area contributed by atoms with Gasteiger partial charge in [-0.25, -0.2) is 0 Å². The molecule has 6 nitrogen and oxygen atoms in total. The summed E-state index contributed by atoms with van der Waals surface area (Å²) in [5.41, 5.74) is 7.93. The van der Waals surface area contributed by atoms with Crippen LogP contribution in [-0.2, 0) is 6.42 Å². The number of aromatic nitrogens is 2. The first-order valence-corrected chi connectivity index (χ1v) is 6.46. The molecule has 1 aromatic heterocycles. The van der Waals surface area contributed by atoms with Crippen molar-refractivity contribution in [2.24, 2.45) is 0 Å². The van der Waals surface area contributed by atoms with E-state index < -0.39 is 11.9 Å². The molecule has 1 atom stereocenters. The zero-order valence-electron chi connectivity index (χ0n) is 11.3. The number of nitrogen functional groups attached to an aromatic ring is 1. The molecule has 0 aliphatic carbocycles. The summed E-state index contributed by atoms with van der Waals surface area (Å²) in [6.07, 6.45) is 0.675. The first-order chi connectivity index (χ1) is 9.67. The molecule has 1 aromatic carbocycles. The maximum absolute atomic E-state index is 12.2. The monoisotopic (exact) mass is 274 g/mol. The van der Waals surface area contributed by atoms with Crippen LogP contribution < -0.4 is 11.1 Å². The lowest BCUT2D eigenvalue weighted by Gasteiger charge is -2.16. The average Bonchev–Trinajstić information content (AvgIpc) is 2.86. The summed E-state index contributed by atoms with van der Waals surface area (Å²) in [5, 5.41) is 18.8. The molecule has 0 bridgehead atoms. The molecule has 0 saturated carbocycles. The van der Waals surface area contributed by atoms with Crippen molar-refractivity contribution in [1.29, 1.82) is 0 Å². The van der Waals surface area contributed by atoms with Crippen molar-refractivity contribution >= 4 is 11.6 Å². The zero-order chi connectivity index (χ0) is 14.5. The number of anilines is 1. The summed E-state index contributed by atoms with van der Waals surface area (Å²) in [6.45, 7) is 1.73. The van der Waals surface area contributed by atoms with Crippen LogP contribution in [0.5, 0.6) is 0 Å². The molecule has 6 heteroatoms. The van der Waals surface area contributed by atoms with Crippen molar-refractivity contribution in [3.05, 3.63) is 47.3 Å². The highest BCUT2D eigenvalue weighted by Crippen LogP contribution is 2.17. The number of aromatic amines is 1. The van der Waals surface area contributed by atoms with Crippen LogP contribution >= 0.6 is 0 Å². The average molecular weight is 274 g/mol. The van der Waals surface area contributed by atoms with Gasteiger partial charge in [0.1, 0.15) is 0 Å². The minimum atomic E-state index is -0.482. The standard InChI is InChI=1S/C14H18N4O2/c1-2-10-12(15)13(18-17-10)14(20)16-11(8-19)9-6-4-3-5-7-9/h3-7,11,19H,2,8,15H2,1H3,(H,16,20)(H,17,18)/t11-/m1/s1. The van der Waals surface area contributed by atoms with Crippen LogP contribution in [0.3, 0.4) is 0 Å². The molecule has 0 unspecified atom stereocenters. The van der Waals surface area contributed by atoms with E-state index in [1.165, 1.54) is 0 Å². The molecular formula is C14H18N4O2. The Morgan fingerprint density at radius 1 is 1.45 bits per heavy atom. The number of H-pyrrole nitrogens is 1. The van der Waals surface area contributed by atoms with Crippen molar-refractivity contribution in [3.63, 3.8) is 0 Å². The minimum Gasteiger partial charge on any atom is -0.395 e. The van der Waals surface area contributed by atoms with E-state index in [4.69, 9.17) is 5.73 Å². The van der Waals surface area contributed by atoms with Crippen molar-refractivity contribution in [1.82, 2.24) is 15.5 Å². The van der Waals surface area contributed by atoms with E-state index in [9.17, 15) is 9.90 Å². The van der Waals surface area contributed by atoms with Crippen LogP contribution in [-0.4, -0.2) is 27.8 Å². The van der Waals surface area contributed by atoms with Gasteiger partial charge >= 0.3 is 0 Å². The highest BCUT2D eigenvalue weighted by Gasteiger charge is 2.20. The van der Waals surface area contributed by atoms with Gasteiger partial charge in [-0.1, -0.05) is 37.3 Å². The number of hydrogen-bond acceptors (Lipinski definition) is 4. The predicted molar refractivity (Wildman–Crippen MR) is 76.1 cm³/mol. The molecule has 0 saturated heterocycles. The summed E-state index contributed by atoms with van der Waals surface area (Å²) in [7, 11) is 0. The van der Waals surface area contributed by atoms with Gasteiger partial charge in [-0.2, -0.15) is 5.10 Å². The Bertz CT molecular complexity index is 580. The van der Waals surface area contributed by atoms with Crippen LogP contribution in [0.15, 0.2) is 30.3 Å². The van der Waals surface area contributed by atoms with Gasteiger partial charge in [-0.3, -0.25) is 9.89 Å². The Balaban J connectivity index is 2.15. The van der Waals surface area contributed by atoms with Gasteiger partial charge in [0.05, 0.1) is 24.0 Å². The van der Waals surface area contributed by atoms with E-state index in [0.29, 0.717) is 12.1 Å². The number of carbonyl (C=O) groups excluding carboxylic acids is 1. The molecule has 106 valence electrons. The number of amides is 1. The molecule has 2 rings (SSSR count). The lowest BCUT2D eigenvalue weighted by molar-refractivity contribution is 0.0912. The molecule has 0 fully saturated rings. The Morgan fingerprint density at radius 3 is 2.70 bits per heavy atom. The Hall–Kier alpha value is -2.34. The molecule has 2 aromatic rings. The summed E-state index contributed by atoms with van der Waals surface area (Å²) in [4.78, 5) is 12.2. The number of aryl methyl sites for hydroxylation is 1. The fourth-order valence-electron chi connectivity index (χ4n) is 1.98. The molecule has 0 aliphatic rings. The molecule has 20 heavy (non-hydrogen) atoms. The highest BCUT2D eigenvalue weighted by atomic mass is 16.3. The third kappa shape index (κ3) is 2.80. The number of aliphatic hydroxyl groups excluding tert-OH is 1. The van der Waals surface area contributed by atoms with E-state index in [2.05, 4.69) is 15.5 Å². The smallest absolute Gasteiger partial charge is 0.274 e. The highest BCUT2D eigenvalue weighted by molar-refractivity contribution is 5.97. The number of rotatable bonds is 5. The van der Waals surface area contributed by atoms with Gasteiger partial charge in [0, 0.05) is 0 Å². The minimum absolute atomic E-state index is 0.163.